The number of pyridine rings is 1. The number of hydrogen-bond donors (Lipinski definition) is 4. The van der Waals surface area contributed by atoms with Gasteiger partial charge in [0.25, 0.3) is 5.91 Å². The molecule has 5 rings (SSSR count). The minimum absolute atomic E-state index is 0.265. The maximum atomic E-state index is 13.2. The number of carboxylic acids is 1. The van der Waals surface area contributed by atoms with Crippen molar-refractivity contribution >= 4 is 52.3 Å². The average Bonchev–Trinajstić information content (AvgIpc) is 3.47. The summed E-state index contributed by atoms with van der Waals surface area (Å²) in [6.45, 7) is 4.55. The van der Waals surface area contributed by atoms with Crippen LogP contribution < -0.4 is 20.9 Å². The van der Waals surface area contributed by atoms with Crippen molar-refractivity contribution in [2.75, 3.05) is 47.2 Å². The van der Waals surface area contributed by atoms with Crippen molar-refractivity contribution in [1.29, 1.82) is 0 Å². The zero-order chi connectivity index (χ0) is 32.6. The smallest absolute Gasteiger partial charge is 0.475 e. The topological polar surface area (TPSA) is 151 Å². The lowest BCUT2D eigenvalue weighted by atomic mass is 10.1. The van der Waals surface area contributed by atoms with E-state index in [1.165, 1.54) is 6.20 Å². The number of aryl methyl sites for hydroxylation is 1. The first-order chi connectivity index (χ1) is 21.4. The summed E-state index contributed by atoms with van der Waals surface area (Å²) in [7, 11) is 0. The minimum atomic E-state index is -5.08. The highest BCUT2D eigenvalue weighted by Gasteiger charge is 2.38. The Morgan fingerprint density at radius 3 is 2.29 bits per heavy atom. The second-order valence-electron chi connectivity index (χ2n) is 9.58. The number of carboxylic acid groups (broad SMARTS) is 1. The molecular formula is C29H27ClF3N7O5. The molecule has 45 heavy (non-hydrogen) atoms. The summed E-state index contributed by atoms with van der Waals surface area (Å²) in [6, 6.07) is 13.9. The van der Waals surface area contributed by atoms with Crippen LogP contribution in [0.1, 0.15) is 15.9 Å². The summed E-state index contributed by atoms with van der Waals surface area (Å²) < 4.78 is 38.8. The number of alkyl halides is 3. The Morgan fingerprint density at radius 2 is 1.62 bits per heavy atom. The molecule has 0 atom stereocenters. The van der Waals surface area contributed by atoms with E-state index < -0.39 is 18.2 Å². The monoisotopic (exact) mass is 645 g/mol. The molecule has 1 aliphatic heterocycles. The van der Waals surface area contributed by atoms with Gasteiger partial charge in [-0.25, -0.2) is 14.3 Å². The molecule has 4 N–H and O–H groups in total. The molecule has 0 saturated carbocycles. The molecule has 2 aromatic carbocycles. The number of ether oxygens (including phenoxy) is 1. The molecule has 0 aliphatic carbocycles. The number of morpholine rings is 1. The molecule has 0 bridgehead atoms. The van der Waals surface area contributed by atoms with Gasteiger partial charge in [0.05, 0.1) is 59.6 Å². The molecule has 12 nitrogen and oxygen atoms in total. The van der Waals surface area contributed by atoms with E-state index in [0.717, 1.165) is 11.3 Å². The first kappa shape index (κ1) is 32.8. The highest BCUT2D eigenvalue weighted by molar-refractivity contribution is 6.33. The van der Waals surface area contributed by atoms with Gasteiger partial charge in [0.2, 0.25) is 0 Å². The SMILES string of the molecule is Cc1cncc(NC(=O)c2cc(N3CCOCC3)cc(-n3cc(NC(=O)Nc4ccccc4Cl)cn3)c2)c1.O=C(O)C(F)(F)F. The van der Waals surface area contributed by atoms with Crippen LogP contribution in [0.15, 0.2) is 73.3 Å². The molecule has 1 saturated heterocycles. The first-order valence-corrected chi connectivity index (χ1v) is 13.7. The quantitative estimate of drug-likeness (QED) is 0.212. The Labute approximate surface area is 259 Å². The standard InChI is InChI=1S/C27H26ClN7O3.C2HF3O2/c1-18-10-20(15-29-14-18)31-26(36)19-11-22(34-6-8-38-9-7-34)13-23(12-19)35-17-21(16-30-35)32-27(37)33-25-5-3-2-4-24(25)28;3-2(4,5)1(6)7/h2-5,10-17H,6-9H2,1H3,(H,31,36)(H2,32,33,37);(H,6,7). The zero-order valence-electron chi connectivity index (χ0n) is 23.6. The van der Waals surface area contributed by atoms with Crippen molar-refractivity contribution < 1.29 is 37.4 Å². The first-order valence-electron chi connectivity index (χ1n) is 13.3. The average molecular weight is 646 g/mol. The van der Waals surface area contributed by atoms with Gasteiger partial charge in [-0.3, -0.25) is 9.78 Å². The van der Waals surface area contributed by atoms with Gasteiger partial charge in [0, 0.05) is 30.5 Å². The molecule has 3 heterocycles. The molecule has 0 unspecified atom stereocenters. The van der Waals surface area contributed by atoms with Crippen molar-refractivity contribution in [2.45, 2.75) is 13.1 Å². The van der Waals surface area contributed by atoms with Crippen LogP contribution in [0.4, 0.5) is 40.7 Å². The summed E-state index contributed by atoms with van der Waals surface area (Å²) in [5.74, 6) is -3.02. The number of benzene rings is 2. The van der Waals surface area contributed by atoms with Crippen molar-refractivity contribution in [1.82, 2.24) is 14.8 Å². The third-order valence-corrected chi connectivity index (χ3v) is 6.47. The molecule has 0 spiro atoms. The van der Waals surface area contributed by atoms with Crippen LogP contribution in [-0.4, -0.2) is 70.3 Å². The number of para-hydroxylation sites is 1. The Morgan fingerprint density at radius 1 is 0.933 bits per heavy atom. The lowest BCUT2D eigenvalue weighted by Crippen LogP contribution is -2.36. The predicted octanol–water partition coefficient (Wildman–Crippen LogP) is 5.60. The van der Waals surface area contributed by atoms with E-state index in [4.69, 9.17) is 26.2 Å². The van der Waals surface area contributed by atoms with Crippen LogP contribution in [0.5, 0.6) is 0 Å². The van der Waals surface area contributed by atoms with Crippen LogP contribution in [0.3, 0.4) is 0 Å². The summed E-state index contributed by atoms with van der Waals surface area (Å²) in [4.78, 5) is 40.9. The third-order valence-electron chi connectivity index (χ3n) is 6.14. The summed E-state index contributed by atoms with van der Waals surface area (Å²) in [6.07, 6.45) is 1.46. The van der Waals surface area contributed by atoms with Crippen LogP contribution in [0.25, 0.3) is 5.69 Å². The fourth-order valence-corrected chi connectivity index (χ4v) is 4.25. The Bertz CT molecular complexity index is 1680. The summed E-state index contributed by atoms with van der Waals surface area (Å²) >= 11 is 6.13. The molecule has 1 aliphatic rings. The number of aliphatic carboxylic acids is 1. The second kappa shape index (κ2) is 14.5. The van der Waals surface area contributed by atoms with Gasteiger partial charge in [-0.1, -0.05) is 23.7 Å². The molecular weight excluding hydrogens is 619 g/mol. The fraction of sp³-hybridized carbons (Fsp3) is 0.207. The van der Waals surface area contributed by atoms with Gasteiger partial charge in [-0.2, -0.15) is 18.3 Å². The second-order valence-corrected chi connectivity index (χ2v) is 9.99. The van der Waals surface area contributed by atoms with E-state index in [0.29, 0.717) is 59.6 Å². The van der Waals surface area contributed by atoms with Crippen molar-refractivity contribution in [3.05, 3.63) is 89.5 Å². The summed E-state index contributed by atoms with van der Waals surface area (Å²) in [5.41, 5.74) is 4.54. The lowest BCUT2D eigenvalue weighted by molar-refractivity contribution is -0.192. The number of anilines is 4. The number of hydrogen-bond acceptors (Lipinski definition) is 7. The fourth-order valence-electron chi connectivity index (χ4n) is 4.07. The number of nitrogens with one attached hydrogen (secondary N) is 3. The molecule has 16 heteroatoms. The van der Waals surface area contributed by atoms with E-state index in [2.05, 4.69) is 30.9 Å². The number of aromatic nitrogens is 3. The molecule has 2 aromatic heterocycles. The number of nitrogens with zero attached hydrogens (tertiary/aromatic N) is 4. The lowest BCUT2D eigenvalue weighted by Gasteiger charge is -2.29. The number of halogens is 4. The number of urea groups is 1. The molecule has 4 aromatic rings. The predicted molar refractivity (Wildman–Crippen MR) is 161 cm³/mol. The van der Waals surface area contributed by atoms with E-state index in [9.17, 15) is 22.8 Å². The van der Waals surface area contributed by atoms with E-state index in [1.54, 1.807) is 53.6 Å². The molecule has 3 amide bonds. The van der Waals surface area contributed by atoms with Crippen LogP contribution in [0.2, 0.25) is 5.02 Å². The largest absolute Gasteiger partial charge is 0.490 e. The van der Waals surface area contributed by atoms with Gasteiger partial charge in [-0.05, 0) is 48.9 Å². The number of carbonyl (C=O) groups is 3. The van der Waals surface area contributed by atoms with Gasteiger partial charge in [0.1, 0.15) is 0 Å². The highest BCUT2D eigenvalue weighted by atomic mass is 35.5. The Hall–Kier alpha value is -5.15. The molecule has 236 valence electrons. The third kappa shape index (κ3) is 9.42. The van der Waals surface area contributed by atoms with Gasteiger partial charge >= 0.3 is 18.2 Å². The molecule has 1 fully saturated rings. The number of carbonyl (C=O) groups excluding carboxylic acids is 2. The number of amides is 3. The van der Waals surface area contributed by atoms with Gasteiger partial charge in [-0.15, -0.1) is 0 Å². The van der Waals surface area contributed by atoms with Crippen molar-refractivity contribution in [2.24, 2.45) is 0 Å². The van der Waals surface area contributed by atoms with E-state index in [-0.39, 0.29) is 5.91 Å². The summed E-state index contributed by atoms with van der Waals surface area (Å²) in [5, 5.41) is 20.4. The van der Waals surface area contributed by atoms with E-state index >= 15 is 0 Å². The maximum Gasteiger partial charge on any atom is 0.490 e. The molecule has 0 radical (unpaired) electrons. The normalized spacial score (nSPS) is 12.9. The van der Waals surface area contributed by atoms with Gasteiger partial charge < -0.3 is 30.7 Å². The van der Waals surface area contributed by atoms with Gasteiger partial charge in [0.15, 0.2) is 0 Å². The number of rotatable bonds is 6. The van der Waals surface area contributed by atoms with E-state index in [1.807, 2.05) is 25.1 Å². The Kier molecular flexibility index (Phi) is 10.6. The van der Waals surface area contributed by atoms with Crippen LogP contribution in [-0.2, 0) is 9.53 Å². The van der Waals surface area contributed by atoms with Crippen LogP contribution in [0, 0.1) is 6.92 Å². The minimum Gasteiger partial charge on any atom is -0.475 e. The van der Waals surface area contributed by atoms with Crippen molar-refractivity contribution in [3.8, 4) is 5.69 Å². The zero-order valence-corrected chi connectivity index (χ0v) is 24.4. The maximum absolute atomic E-state index is 13.2. The highest BCUT2D eigenvalue weighted by Crippen LogP contribution is 2.25. The van der Waals surface area contributed by atoms with Crippen LogP contribution >= 0.6 is 11.6 Å². The van der Waals surface area contributed by atoms with Crippen molar-refractivity contribution in [3.63, 3.8) is 0 Å². The Balaban J connectivity index is 0.000000591.